The molecule has 1 fully saturated rings. The summed E-state index contributed by atoms with van der Waals surface area (Å²) in [6, 6.07) is 3.18. The number of carbonyl (C=O) groups is 2. The van der Waals surface area contributed by atoms with Crippen LogP contribution in [0.25, 0.3) is 0 Å². The van der Waals surface area contributed by atoms with E-state index in [9.17, 15) is 18.4 Å². The molecule has 1 amide bonds. The van der Waals surface area contributed by atoms with Crippen LogP contribution in [-0.4, -0.2) is 42.5 Å². The van der Waals surface area contributed by atoms with Crippen molar-refractivity contribution in [3.05, 3.63) is 35.4 Å². The molecule has 120 valence electrons. The van der Waals surface area contributed by atoms with Crippen LogP contribution < -0.4 is 5.32 Å². The molecule has 0 spiro atoms. The molecule has 1 atom stereocenters. The summed E-state index contributed by atoms with van der Waals surface area (Å²) in [4.78, 5) is 25.2. The molecule has 0 aromatic heterocycles. The van der Waals surface area contributed by atoms with Gasteiger partial charge in [0.15, 0.2) is 11.6 Å². The molecule has 1 heterocycles. The third-order valence-electron chi connectivity index (χ3n) is 3.51. The summed E-state index contributed by atoms with van der Waals surface area (Å²) in [5, 5.41) is 2.67. The first kappa shape index (κ1) is 16.4. The van der Waals surface area contributed by atoms with Crippen molar-refractivity contribution in [1.82, 2.24) is 10.2 Å². The summed E-state index contributed by atoms with van der Waals surface area (Å²) < 4.78 is 31.9. The van der Waals surface area contributed by atoms with Gasteiger partial charge in [-0.3, -0.25) is 14.5 Å². The number of piperazine rings is 1. The number of nitrogens with one attached hydrogen (secondary N) is 1. The lowest BCUT2D eigenvalue weighted by Gasteiger charge is -2.34. The van der Waals surface area contributed by atoms with Gasteiger partial charge in [-0.15, -0.1) is 0 Å². The Kier molecular flexibility index (Phi) is 5.43. The van der Waals surface area contributed by atoms with E-state index in [4.69, 9.17) is 4.74 Å². The van der Waals surface area contributed by atoms with Crippen molar-refractivity contribution in [2.45, 2.75) is 25.9 Å². The molecule has 1 aromatic rings. The van der Waals surface area contributed by atoms with Crippen LogP contribution in [0.3, 0.4) is 0 Å². The minimum atomic E-state index is -0.930. The largest absolute Gasteiger partial charge is 0.466 e. The number of amides is 1. The van der Waals surface area contributed by atoms with Crippen molar-refractivity contribution in [3.8, 4) is 0 Å². The SMILES string of the molecule is CCOC(=O)C[C@@H]1C(=O)NCCN1Cc1cccc(F)c1F. The fraction of sp³-hybridized carbons (Fsp3) is 0.467. The highest BCUT2D eigenvalue weighted by Gasteiger charge is 2.32. The number of rotatable bonds is 5. The first-order valence-corrected chi connectivity index (χ1v) is 7.13. The lowest BCUT2D eigenvalue weighted by atomic mass is 10.1. The monoisotopic (exact) mass is 312 g/mol. The third kappa shape index (κ3) is 3.79. The van der Waals surface area contributed by atoms with Gasteiger partial charge in [-0.25, -0.2) is 8.78 Å². The molecule has 1 N–H and O–H groups in total. The van der Waals surface area contributed by atoms with Crippen LogP contribution >= 0.6 is 0 Å². The van der Waals surface area contributed by atoms with E-state index in [1.807, 2.05) is 0 Å². The molecule has 0 aliphatic carbocycles. The molecule has 0 unspecified atom stereocenters. The quantitative estimate of drug-likeness (QED) is 0.831. The normalized spacial score (nSPS) is 18.9. The Hall–Kier alpha value is -2.02. The van der Waals surface area contributed by atoms with E-state index in [0.29, 0.717) is 13.1 Å². The van der Waals surface area contributed by atoms with Crippen molar-refractivity contribution in [2.24, 2.45) is 0 Å². The molecular formula is C15H18F2N2O3. The summed E-state index contributed by atoms with van der Waals surface area (Å²) in [7, 11) is 0. The summed E-state index contributed by atoms with van der Waals surface area (Å²) in [6.45, 7) is 2.81. The number of ether oxygens (including phenoxy) is 1. The van der Waals surface area contributed by atoms with Gasteiger partial charge in [0.2, 0.25) is 5.91 Å². The maximum absolute atomic E-state index is 13.8. The Morgan fingerprint density at radius 1 is 1.45 bits per heavy atom. The Morgan fingerprint density at radius 3 is 2.95 bits per heavy atom. The van der Waals surface area contributed by atoms with Gasteiger partial charge in [0.25, 0.3) is 0 Å². The van der Waals surface area contributed by atoms with Crippen molar-refractivity contribution < 1.29 is 23.1 Å². The van der Waals surface area contributed by atoms with Crippen LogP contribution in [0.15, 0.2) is 18.2 Å². The molecule has 0 radical (unpaired) electrons. The van der Waals surface area contributed by atoms with Crippen LogP contribution in [0.4, 0.5) is 8.78 Å². The maximum atomic E-state index is 13.8. The predicted octanol–water partition coefficient (Wildman–Crippen LogP) is 1.22. The minimum absolute atomic E-state index is 0.0566. The van der Waals surface area contributed by atoms with Gasteiger partial charge in [-0.1, -0.05) is 12.1 Å². The number of hydrogen-bond acceptors (Lipinski definition) is 4. The topological polar surface area (TPSA) is 58.6 Å². The lowest BCUT2D eigenvalue weighted by molar-refractivity contribution is -0.148. The average molecular weight is 312 g/mol. The second-order valence-electron chi connectivity index (χ2n) is 5.00. The van der Waals surface area contributed by atoms with Crippen LogP contribution in [0, 0.1) is 11.6 Å². The fourth-order valence-electron chi connectivity index (χ4n) is 2.44. The molecule has 1 aliphatic rings. The van der Waals surface area contributed by atoms with Crippen molar-refractivity contribution in [1.29, 1.82) is 0 Å². The molecule has 1 aliphatic heterocycles. The van der Waals surface area contributed by atoms with E-state index >= 15 is 0 Å². The van der Waals surface area contributed by atoms with E-state index in [1.165, 1.54) is 12.1 Å². The second kappa shape index (κ2) is 7.31. The Labute approximate surface area is 127 Å². The standard InChI is InChI=1S/C15H18F2N2O3/c1-2-22-13(20)8-12-15(21)18-6-7-19(12)9-10-4-3-5-11(16)14(10)17/h3-5,12H,2,6-9H2,1H3,(H,18,21)/t12-/m1/s1. The lowest BCUT2D eigenvalue weighted by Crippen LogP contribution is -2.55. The molecule has 22 heavy (non-hydrogen) atoms. The summed E-state index contributed by atoms with van der Waals surface area (Å²) in [5.74, 6) is -2.66. The van der Waals surface area contributed by atoms with Gasteiger partial charge < -0.3 is 10.1 Å². The fourth-order valence-corrected chi connectivity index (χ4v) is 2.44. The van der Waals surface area contributed by atoms with Crippen LogP contribution in [0.1, 0.15) is 18.9 Å². The van der Waals surface area contributed by atoms with E-state index < -0.39 is 23.6 Å². The maximum Gasteiger partial charge on any atom is 0.307 e. The molecule has 1 aromatic carbocycles. The number of hydrogen-bond donors (Lipinski definition) is 1. The third-order valence-corrected chi connectivity index (χ3v) is 3.51. The van der Waals surface area contributed by atoms with E-state index in [1.54, 1.807) is 11.8 Å². The number of halogens is 2. The zero-order chi connectivity index (χ0) is 16.1. The molecular weight excluding hydrogens is 294 g/mol. The average Bonchev–Trinajstić information content (AvgIpc) is 2.48. The second-order valence-corrected chi connectivity index (χ2v) is 5.00. The smallest absolute Gasteiger partial charge is 0.307 e. The number of esters is 1. The summed E-state index contributed by atoms with van der Waals surface area (Å²) in [6.07, 6.45) is -0.114. The number of carbonyl (C=O) groups excluding carboxylic acids is 2. The van der Waals surface area contributed by atoms with Gasteiger partial charge in [-0.05, 0) is 13.0 Å². The van der Waals surface area contributed by atoms with Gasteiger partial charge >= 0.3 is 5.97 Å². The van der Waals surface area contributed by atoms with Crippen molar-refractivity contribution >= 4 is 11.9 Å². The van der Waals surface area contributed by atoms with E-state index in [-0.39, 0.29) is 31.0 Å². The van der Waals surface area contributed by atoms with Crippen LogP contribution in [0.5, 0.6) is 0 Å². The molecule has 2 rings (SSSR count). The Bertz CT molecular complexity index is 566. The van der Waals surface area contributed by atoms with Crippen molar-refractivity contribution in [3.63, 3.8) is 0 Å². The minimum Gasteiger partial charge on any atom is -0.466 e. The van der Waals surface area contributed by atoms with Gasteiger partial charge in [0.05, 0.1) is 13.0 Å². The van der Waals surface area contributed by atoms with Crippen LogP contribution in [-0.2, 0) is 20.9 Å². The number of nitrogens with zero attached hydrogens (tertiary/aromatic N) is 1. The van der Waals surface area contributed by atoms with Gasteiger partial charge in [0.1, 0.15) is 6.04 Å². The zero-order valence-electron chi connectivity index (χ0n) is 12.3. The highest BCUT2D eigenvalue weighted by molar-refractivity contribution is 5.87. The zero-order valence-corrected chi connectivity index (χ0v) is 12.3. The first-order valence-electron chi connectivity index (χ1n) is 7.13. The Morgan fingerprint density at radius 2 is 2.23 bits per heavy atom. The molecule has 7 heteroatoms. The summed E-state index contributed by atoms with van der Waals surface area (Å²) >= 11 is 0. The van der Waals surface area contributed by atoms with Crippen LogP contribution in [0.2, 0.25) is 0 Å². The van der Waals surface area contributed by atoms with Crippen molar-refractivity contribution in [2.75, 3.05) is 19.7 Å². The summed E-state index contributed by atoms with van der Waals surface area (Å²) in [5.41, 5.74) is 0.156. The van der Waals surface area contributed by atoms with E-state index in [2.05, 4.69) is 5.32 Å². The highest BCUT2D eigenvalue weighted by atomic mass is 19.2. The highest BCUT2D eigenvalue weighted by Crippen LogP contribution is 2.18. The number of benzene rings is 1. The predicted molar refractivity (Wildman–Crippen MR) is 74.8 cm³/mol. The molecule has 0 saturated carbocycles. The Balaban J connectivity index is 2.13. The van der Waals surface area contributed by atoms with Gasteiger partial charge in [0, 0.05) is 25.2 Å². The first-order chi connectivity index (χ1) is 10.5. The molecule has 1 saturated heterocycles. The molecule has 0 bridgehead atoms. The molecule has 5 nitrogen and oxygen atoms in total. The van der Waals surface area contributed by atoms with E-state index in [0.717, 1.165) is 6.07 Å². The van der Waals surface area contributed by atoms with Gasteiger partial charge in [-0.2, -0.15) is 0 Å².